The Labute approximate surface area is 177 Å². The smallest absolute Gasteiger partial charge is 0.269 e. The van der Waals surface area contributed by atoms with Crippen molar-refractivity contribution in [3.8, 4) is 11.6 Å². The van der Waals surface area contributed by atoms with Crippen molar-refractivity contribution >= 4 is 17.5 Å². The maximum atomic E-state index is 12.9. The van der Waals surface area contributed by atoms with E-state index in [0.29, 0.717) is 17.7 Å². The Bertz CT molecular complexity index is 1190. The highest BCUT2D eigenvalue weighted by atomic mass is 16.6. The van der Waals surface area contributed by atoms with E-state index in [2.05, 4.69) is 15.4 Å². The minimum atomic E-state index is -0.450. The third kappa shape index (κ3) is 4.84. The van der Waals surface area contributed by atoms with Gasteiger partial charge in [-0.3, -0.25) is 14.9 Å². The maximum absolute atomic E-state index is 12.9. The first-order valence-electron chi connectivity index (χ1n) is 9.65. The van der Waals surface area contributed by atoms with Crippen molar-refractivity contribution in [2.75, 3.05) is 5.32 Å². The number of carbonyl (C=O) groups excluding carboxylic acids is 1. The molecule has 0 atom stereocenters. The van der Waals surface area contributed by atoms with Gasteiger partial charge in [0, 0.05) is 25.1 Å². The molecule has 2 heterocycles. The number of non-ortho nitro benzene ring substituents is 1. The van der Waals surface area contributed by atoms with Crippen LogP contribution in [0.25, 0.3) is 11.6 Å². The van der Waals surface area contributed by atoms with Crippen LogP contribution in [-0.2, 0) is 13.0 Å². The lowest BCUT2D eigenvalue weighted by Gasteiger charge is -2.07. The lowest BCUT2D eigenvalue weighted by Crippen LogP contribution is -2.17. The third-order valence-corrected chi connectivity index (χ3v) is 4.63. The zero-order chi connectivity index (χ0) is 21.6. The number of carbonyl (C=O) groups is 1. The number of nitrogens with one attached hydrogen (secondary N) is 1. The molecule has 9 nitrogen and oxygen atoms in total. The summed E-state index contributed by atoms with van der Waals surface area (Å²) < 4.78 is 6.57. The number of aryl methyl sites for hydroxylation is 1. The van der Waals surface area contributed by atoms with Crippen molar-refractivity contribution in [2.24, 2.45) is 0 Å². The van der Waals surface area contributed by atoms with Crippen molar-refractivity contribution in [2.45, 2.75) is 19.4 Å². The molecule has 0 radical (unpaired) electrons. The van der Waals surface area contributed by atoms with Crippen LogP contribution in [0.1, 0.15) is 22.3 Å². The predicted octanol–water partition coefficient (Wildman–Crippen LogP) is 4.33. The normalized spacial score (nSPS) is 10.7. The summed E-state index contributed by atoms with van der Waals surface area (Å²) in [6.07, 6.45) is 2.32. The molecule has 2 aromatic heterocycles. The van der Waals surface area contributed by atoms with Crippen LogP contribution in [0.2, 0.25) is 0 Å². The monoisotopic (exact) mass is 417 g/mol. The number of hydrogen-bond donors (Lipinski definition) is 1. The molecule has 0 aliphatic carbocycles. The molecule has 4 aromatic rings. The van der Waals surface area contributed by atoms with Gasteiger partial charge >= 0.3 is 0 Å². The number of anilines is 1. The van der Waals surface area contributed by atoms with Crippen LogP contribution < -0.4 is 5.32 Å². The largest absolute Gasteiger partial charge is 0.461 e. The van der Waals surface area contributed by atoms with E-state index in [0.717, 1.165) is 5.56 Å². The molecular formula is C22H19N5O4. The van der Waals surface area contributed by atoms with Crippen LogP contribution in [0.4, 0.5) is 11.6 Å². The second-order valence-electron chi connectivity index (χ2n) is 6.81. The first kappa shape index (κ1) is 20.0. The average molecular weight is 417 g/mol. The fraction of sp³-hybridized carbons (Fsp3) is 0.136. The van der Waals surface area contributed by atoms with E-state index in [9.17, 15) is 14.9 Å². The van der Waals surface area contributed by atoms with Gasteiger partial charge in [-0.15, -0.1) is 5.10 Å². The van der Waals surface area contributed by atoms with Crippen LogP contribution in [0.5, 0.6) is 0 Å². The molecule has 0 unspecified atom stereocenters. The Morgan fingerprint density at radius 2 is 1.87 bits per heavy atom. The van der Waals surface area contributed by atoms with E-state index in [1.54, 1.807) is 24.3 Å². The van der Waals surface area contributed by atoms with Gasteiger partial charge in [0.15, 0.2) is 5.76 Å². The lowest BCUT2D eigenvalue weighted by atomic mass is 10.1. The first-order valence-corrected chi connectivity index (χ1v) is 9.65. The molecule has 0 amide bonds. The summed E-state index contributed by atoms with van der Waals surface area (Å²) in [5.41, 5.74) is 1.73. The summed E-state index contributed by atoms with van der Waals surface area (Å²) in [5, 5.41) is 18.4. The van der Waals surface area contributed by atoms with E-state index in [-0.39, 0.29) is 36.3 Å². The molecule has 0 bridgehead atoms. The molecule has 4 rings (SSSR count). The van der Waals surface area contributed by atoms with Crippen molar-refractivity contribution in [1.29, 1.82) is 0 Å². The minimum Gasteiger partial charge on any atom is -0.461 e. The molecule has 31 heavy (non-hydrogen) atoms. The Hall–Kier alpha value is -4.27. The van der Waals surface area contributed by atoms with E-state index in [1.165, 1.54) is 23.1 Å². The summed E-state index contributed by atoms with van der Waals surface area (Å²) in [6.45, 7) is 0.240. The maximum Gasteiger partial charge on any atom is 0.269 e. The molecule has 1 N–H and O–H groups in total. The van der Waals surface area contributed by atoms with E-state index in [4.69, 9.17) is 4.42 Å². The Morgan fingerprint density at radius 1 is 1.06 bits per heavy atom. The molecule has 0 aliphatic rings. The fourth-order valence-corrected chi connectivity index (χ4v) is 3.07. The van der Waals surface area contributed by atoms with E-state index in [1.807, 2.05) is 30.3 Å². The Balaban J connectivity index is 1.54. The van der Waals surface area contributed by atoms with Gasteiger partial charge in [-0.05, 0) is 29.7 Å². The highest BCUT2D eigenvalue weighted by Crippen LogP contribution is 2.20. The minimum absolute atomic E-state index is 0.00372. The Morgan fingerprint density at radius 3 is 2.61 bits per heavy atom. The quantitative estimate of drug-likeness (QED) is 0.335. The lowest BCUT2D eigenvalue weighted by molar-refractivity contribution is -0.384. The fourth-order valence-electron chi connectivity index (χ4n) is 3.07. The zero-order valence-electron chi connectivity index (χ0n) is 16.5. The summed E-state index contributed by atoms with van der Waals surface area (Å²) in [6, 6.07) is 19.4. The zero-order valence-corrected chi connectivity index (χ0v) is 16.5. The molecule has 0 saturated carbocycles. The van der Waals surface area contributed by atoms with Crippen LogP contribution >= 0.6 is 0 Å². The van der Waals surface area contributed by atoms with Crippen LogP contribution in [0.15, 0.2) is 77.4 Å². The summed E-state index contributed by atoms with van der Waals surface area (Å²) in [7, 11) is 0. The predicted molar refractivity (Wildman–Crippen MR) is 114 cm³/mol. The van der Waals surface area contributed by atoms with Crippen molar-refractivity contribution < 1.29 is 14.1 Å². The van der Waals surface area contributed by atoms with Gasteiger partial charge in [0.25, 0.3) is 5.69 Å². The second kappa shape index (κ2) is 9.04. The van der Waals surface area contributed by atoms with Gasteiger partial charge in [-0.2, -0.15) is 9.67 Å². The number of nitrogens with zero attached hydrogens (tertiary/aromatic N) is 4. The second-order valence-corrected chi connectivity index (χ2v) is 6.81. The number of nitro groups is 1. The molecule has 0 fully saturated rings. The number of benzene rings is 2. The summed E-state index contributed by atoms with van der Waals surface area (Å²) in [4.78, 5) is 27.8. The van der Waals surface area contributed by atoms with Crippen LogP contribution in [0.3, 0.4) is 0 Å². The van der Waals surface area contributed by atoms with E-state index >= 15 is 0 Å². The van der Waals surface area contributed by atoms with E-state index < -0.39 is 4.92 Å². The standard InChI is InChI=1S/C22H19N5O4/c28-20(12-11-16-6-2-1-3-7-16)26-22(24-21(25-26)19-10-5-13-31-19)23-15-17-8-4-9-18(14-17)27(29)30/h1-10,13-14H,11-12,15H2,(H,23,24,25). The molecule has 9 heteroatoms. The number of furan rings is 1. The molecule has 2 aromatic carbocycles. The summed E-state index contributed by atoms with van der Waals surface area (Å²) >= 11 is 0. The van der Waals surface area contributed by atoms with Gasteiger partial charge in [0.05, 0.1) is 11.2 Å². The SMILES string of the molecule is O=C(CCc1ccccc1)n1nc(-c2ccco2)nc1NCc1cccc([N+](=O)[O-])c1. The number of rotatable bonds is 8. The summed E-state index contributed by atoms with van der Waals surface area (Å²) in [5.74, 6) is 0.735. The third-order valence-electron chi connectivity index (χ3n) is 4.63. The molecule has 0 spiro atoms. The highest BCUT2D eigenvalue weighted by Gasteiger charge is 2.19. The topological polar surface area (TPSA) is 116 Å². The number of aromatic nitrogens is 3. The van der Waals surface area contributed by atoms with Crippen molar-refractivity contribution in [1.82, 2.24) is 14.8 Å². The van der Waals surface area contributed by atoms with Gasteiger partial charge in [-0.1, -0.05) is 42.5 Å². The number of nitro benzene ring substituents is 1. The number of hydrogen-bond acceptors (Lipinski definition) is 7. The van der Waals surface area contributed by atoms with Gasteiger partial charge in [0.2, 0.25) is 17.7 Å². The van der Waals surface area contributed by atoms with Gasteiger partial charge in [0.1, 0.15) is 0 Å². The van der Waals surface area contributed by atoms with Crippen molar-refractivity contribution in [3.63, 3.8) is 0 Å². The Kier molecular flexibility index (Phi) is 5.84. The molecule has 156 valence electrons. The molecule has 0 aliphatic heterocycles. The highest BCUT2D eigenvalue weighted by molar-refractivity contribution is 5.81. The van der Waals surface area contributed by atoms with Crippen LogP contribution in [0, 0.1) is 10.1 Å². The average Bonchev–Trinajstić information content (AvgIpc) is 3.47. The first-order chi connectivity index (χ1) is 15.1. The molecular weight excluding hydrogens is 398 g/mol. The van der Waals surface area contributed by atoms with Gasteiger partial charge in [-0.25, -0.2) is 0 Å². The van der Waals surface area contributed by atoms with Crippen LogP contribution in [-0.4, -0.2) is 25.6 Å². The van der Waals surface area contributed by atoms with Gasteiger partial charge < -0.3 is 9.73 Å². The van der Waals surface area contributed by atoms with Crippen molar-refractivity contribution in [3.05, 3.63) is 94.2 Å². The molecule has 0 saturated heterocycles.